The summed E-state index contributed by atoms with van der Waals surface area (Å²) in [6.07, 6.45) is 0. The molecule has 82 valence electrons. The number of hydrogen-bond acceptors (Lipinski definition) is 3. The highest BCUT2D eigenvalue weighted by Gasteiger charge is 2.12. The maximum absolute atomic E-state index is 10.7. The highest BCUT2D eigenvalue weighted by atomic mass is 35.5. The van der Waals surface area contributed by atoms with Gasteiger partial charge in [-0.05, 0) is 26.0 Å². The number of halogens is 1. The van der Waals surface area contributed by atoms with Crippen LogP contribution in [0.25, 0.3) is 0 Å². The Hall–Kier alpha value is -1.29. The van der Waals surface area contributed by atoms with Gasteiger partial charge in [0.15, 0.2) is 5.69 Å². The second-order valence-electron chi connectivity index (χ2n) is 2.98. The molecule has 0 radical (unpaired) electrons. The predicted octanol–water partition coefficient (Wildman–Crippen LogP) is 2.28. The number of aromatic carboxylic acids is 1. The minimum Gasteiger partial charge on any atom is -0.477 e. The van der Waals surface area contributed by atoms with Crippen molar-refractivity contribution in [2.24, 2.45) is 0 Å². The fourth-order valence-corrected chi connectivity index (χ4v) is 1.52. The molecule has 0 aliphatic rings. The number of pyridine rings is 1. The van der Waals surface area contributed by atoms with E-state index >= 15 is 0 Å². The number of carboxylic acids is 1. The third-order valence-electron chi connectivity index (χ3n) is 2.11. The first kappa shape index (κ1) is 11.8. The molecule has 0 unspecified atom stereocenters. The summed E-state index contributed by atoms with van der Waals surface area (Å²) in [4.78, 5) is 16.7. The maximum Gasteiger partial charge on any atom is 0.354 e. The van der Waals surface area contributed by atoms with Crippen molar-refractivity contribution in [2.45, 2.75) is 13.8 Å². The van der Waals surface area contributed by atoms with Gasteiger partial charge < -0.3 is 10.0 Å². The summed E-state index contributed by atoms with van der Waals surface area (Å²) in [5, 5.41) is 9.28. The zero-order valence-corrected chi connectivity index (χ0v) is 9.45. The lowest BCUT2D eigenvalue weighted by atomic mass is 10.3. The van der Waals surface area contributed by atoms with Crippen molar-refractivity contribution in [3.63, 3.8) is 0 Å². The van der Waals surface area contributed by atoms with Gasteiger partial charge in [0.25, 0.3) is 0 Å². The minimum absolute atomic E-state index is 0.0151. The molecule has 5 heteroatoms. The first-order valence-corrected chi connectivity index (χ1v) is 5.12. The van der Waals surface area contributed by atoms with E-state index in [0.717, 1.165) is 13.1 Å². The Labute approximate surface area is 93.5 Å². The number of nitrogens with zero attached hydrogens (tertiary/aromatic N) is 2. The van der Waals surface area contributed by atoms with Gasteiger partial charge in [-0.1, -0.05) is 11.6 Å². The summed E-state index contributed by atoms with van der Waals surface area (Å²) in [5.41, 5.74) is 0.0151. The molecule has 0 bridgehead atoms. The molecule has 0 saturated carbocycles. The molecule has 1 aromatic heterocycles. The molecular formula is C10H13ClN2O2. The summed E-state index contributed by atoms with van der Waals surface area (Å²) in [7, 11) is 0. The molecule has 1 rings (SSSR count). The van der Waals surface area contributed by atoms with Crippen molar-refractivity contribution in [1.82, 2.24) is 4.98 Å². The normalized spacial score (nSPS) is 10.1. The average Bonchev–Trinajstić information content (AvgIpc) is 2.22. The highest BCUT2D eigenvalue weighted by molar-refractivity contribution is 6.33. The van der Waals surface area contributed by atoms with Crippen LogP contribution in [0.2, 0.25) is 5.02 Å². The molecule has 0 atom stereocenters. The van der Waals surface area contributed by atoms with Crippen LogP contribution in [-0.2, 0) is 0 Å². The van der Waals surface area contributed by atoms with Crippen LogP contribution in [-0.4, -0.2) is 29.1 Å². The van der Waals surface area contributed by atoms with Gasteiger partial charge in [0, 0.05) is 13.1 Å². The van der Waals surface area contributed by atoms with Crippen molar-refractivity contribution in [3.8, 4) is 0 Å². The van der Waals surface area contributed by atoms with E-state index in [4.69, 9.17) is 16.7 Å². The van der Waals surface area contributed by atoms with Gasteiger partial charge in [-0.2, -0.15) is 0 Å². The molecule has 0 fully saturated rings. The van der Waals surface area contributed by atoms with Crippen LogP contribution < -0.4 is 4.90 Å². The largest absolute Gasteiger partial charge is 0.477 e. The van der Waals surface area contributed by atoms with E-state index in [1.165, 1.54) is 6.07 Å². The van der Waals surface area contributed by atoms with Gasteiger partial charge in [-0.25, -0.2) is 9.78 Å². The van der Waals surface area contributed by atoms with Crippen LogP contribution in [0.15, 0.2) is 12.1 Å². The van der Waals surface area contributed by atoms with Crippen LogP contribution in [0.1, 0.15) is 24.3 Å². The summed E-state index contributed by atoms with van der Waals surface area (Å²) >= 11 is 5.96. The molecule has 0 aliphatic heterocycles. The van der Waals surface area contributed by atoms with Crippen LogP contribution in [0.4, 0.5) is 5.82 Å². The third-order valence-corrected chi connectivity index (χ3v) is 2.40. The van der Waals surface area contributed by atoms with E-state index in [1.54, 1.807) is 6.07 Å². The fraction of sp³-hybridized carbons (Fsp3) is 0.400. The highest BCUT2D eigenvalue weighted by Crippen LogP contribution is 2.23. The molecular weight excluding hydrogens is 216 g/mol. The SMILES string of the molecule is CCN(CC)c1nc(C(=O)O)ccc1Cl. The molecule has 1 heterocycles. The molecule has 0 amide bonds. The van der Waals surface area contributed by atoms with Crippen LogP contribution in [0.3, 0.4) is 0 Å². The maximum atomic E-state index is 10.7. The quantitative estimate of drug-likeness (QED) is 0.859. The van der Waals surface area contributed by atoms with Crippen LogP contribution in [0, 0.1) is 0 Å². The van der Waals surface area contributed by atoms with Gasteiger partial charge in [0.05, 0.1) is 5.02 Å². The Bertz CT molecular complexity index is 364. The first-order valence-electron chi connectivity index (χ1n) is 4.74. The van der Waals surface area contributed by atoms with E-state index < -0.39 is 5.97 Å². The summed E-state index contributed by atoms with van der Waals surface area (Å²) < 4.78 is 0. The Morgan fingerprint density at radius 3 is 2.53 bits per heavy atom. The number of aromatic nitrogens is 1. The lowest BCUT2D eigenvalue weighted by molar-refractivity contribution is 0.0690. The number of hydrogen-bond donors (Lipinski definition) is 1. The summed E-state index contributed by atoms with van der Waals surface area (Å²) in [6, 6.07) is 2.96. The van der Waals surface area contributed by atoms with E-state index in [0.29, 0.717) is 10.8 Å². The summed E-state index contributed by atoms with van der Waals surface area (Å²) in [5.74, 6) is -0.512. The molecule has 0 aliphatic carbocycles. The van der Waals surface area contributed by atoms with Gasteiger partial charge in [-0.3, -0.25) is 0 Å². The van der Waals surface area contributed by atoms with Crippen molar-refractivity contribution in [1.29, 1.82) is 0 Å². The smallest absolute Gasteiger partial charge is 0.354 e. The average molecular weight is 229 g/mol. The van der Waals surface area contributed by atoms with Crippen LogP contribution >= 0.6 is 11.6 Å². The number of anilines is 1. The van der Waals surface area contributed by atoms with Crippen LogP contribution in [0.5, 0.6) is 0 Å². The second-order valence-corrected chi connectivity index (χ2v) is 3.39. The van der Waals surface area contributed by atoms with Crippen molar-refractivity contribution >= 4 is 23.4 Å². The monoisotopic (exact) mass is 228 g/mol. The molecule has 1 N–H and O–H groups in total. The predicted molar refractivity (Wildman–Crippen MR) is 59.8 cm³/mol. The second kappa shape index (κ2) is 4.98. The molecule has 0 aromatic carbocycles. The molecule has 15 heavy (non-hydrogen) atoms. The lowest BCUT2D eigenvalue weighted by Gasteiger charge is -2.20. The Kier molecular flexibility index (Phi) is 3.91. The first-order chi connectivity index (χ1) is 7.10. The van der Waals surface area contributed by atoms with Gasteiger partial charge in [0.2, 0.25) is 0 Å². The van der Waals surface area contributed by atoms with E-state index in [9.17, 15) is 4.79 Å². The number of carboxylic acid groups (broad SMARTS) is 1. The summed E-state index contributed by atoms with van der Waals surface area (Å²) in [6.45, 7) is 5.42. The molecule has 1 aromatic rings. The fourth-order valence-electron chi connectivity index (χ4n) is 1.30. The zero-order valence-electron chi connectivity index (χ0n) is 8.70. The van der Waals surface area contributed by atoms with Gasteiger partial charge >= 0.3 is 5.97 Å². The minimum atomic E-state index is -1.04. The Morgan fingerprint density at radius 2 is 2.07 bits per heavy atom. The van der Waals surface area contributed by atoms with E-state index in [2.05, 4.69) is 4.98 Å². The van der Waals surface area contributed by atoms with E-state index in [-0.39, 0.29) is 5.69 Å². The van der Waals surface area contributed by atoms with Crippen molar-refractivity contribution < 1.29 is 9.90 Å². The number of carbonyl (C=O) groups is 1. The van der Waals surface area contributed by atoms with Crippen molar-refractivity contribution in [3.05, 3.63) is 22.8 Å². The molecule has 0 spiro atoms. The van der Waals surface area contributed by atoms with Gasteiger partial charge in [0.1, 0.15) is 5.82 Å². The van der Waals surface area contributed by atoms with Crippen molar-refractivity contribution in [2.75, 3.05) is 18.0 Å². The third kappa shape index (κ3) is 2.59. The Morgan fingerprint density at radius 1 is 1.47 bits per heavy atom. The topological polar surface area (TPSA) is 53.4 Å². The molecule has 0 saturated heterocycles. The zero-order chi connectivity index (χ0) is 11.4. The van der Waals surface area contributed by atoms with E-state index in [1.807, 2.05) is 18.7 Å². The number of rotatable bonds is 4. The standard InChI is InChI=1S/C10H13ClN2O2/c1-3-13(4-2)9-7(11)5-6-8(12-9)10(14)15/h5-6H,3-4H2,1-2H3,(H,14,15). The van der Waals surface area contributed by atoms with Gasteiger partial charge in [-0.15, -0.1) is 0 Å². The lowest BCUT2D eigenvalue weighted by Crippen LogP contribution is -2.24. The Balaban J connectivity index is 3.15. The molecule has 4 nitrogen and oxygen atoms in total.